The molecule has 176 valence electrons. The summed E-state index contributed by atoms with van der Waals surface area (Å²) in [6, 6.07) is 6.88. The van der Waals surface area contributed by atoms with E-state index in [2.05, 4.69) is 20.1 Å². The van der Waals surface area contributed by atoms with E-state index in [0.717, 1.165) is 6.07 Å². The minimum Gasteiger partial charge on any atom is -0.322 e. The number of pyridine rings is 1. The first-order valence-corrected chi connectivity index (χ1v) is 11.6. The number of carbonyl (C=O) groups is 1. The summed E-state index contributed by atoms with van der Waals surface area (Å²) in [6.45, 7) is 5.01. The summed E-state index contributed by atoms with van der Waals surface area (Å²) in [5, 5.41) is 6.79. The van der Waals surface area contributed by atoms with Crippen LogP contribution in [0.2, 0.25) is 0 Å². The van der Waals surface area contributed by atoms with Crippen molar-refractivity contribution in [2.24, 2.45) is 0 Å². The van der Waals surface area contributed by atoms with Crippen molar-refractivity contribution in [2.75, 3.05) is 15.8 Å². The van der Waals surface area contributed by atoms with Crippen LogP contribution in [0.4, 0.5) is 24.5 Å². The van der Waals surface area contributed by atoms with Gasteiger partial charge in [-0.3, -0.25) is 9.52 Å². The highest BCUT2D eigenvalue weighted by atomic mass is 32.2. The van der Waals surface area contributed by atoms with Crippen LogP contribution in [0.1, 0.15) is 40.5 Å². The number of nitrogens with one attached hydrogen (secondary N) is 2. The summed E-state index contributed by atoms with van der Waals surface area (Å²) in [6.07, 6.45) is -2.06. The second-order valence-corrected chi connectivity index (χ2v) is 9.15. The van der Waals surface area contributed by atoms with Crippen LogP contribution in [0.15, 0.2) is 42.7 Å². The van der Waals surface area contributed by atoms with Crippen molar-refractivity contribution in [3.63, 3.8) is 0 Å². The van der Waals surface area contributed by atoms with Crippen LogP contribution in [0.25, 0.3) is 5.82 Å². The van der Waals surface area contributed by atoms with Gasteiger partial charge in [0, 0.05) is 11.9 Å². The molecule has 2 heterocycles. The van der Waals surface area contributed by atoms with E-state index in [9.17, 15) is 26.4 Å². The lowest BCUT2D eigenvalue weighted by molar-refractivity contribution is -0.137. The van der Waals surface area contributed by atoms with Crippen LogP contribution in [-0.4, -0.2) is 34.8 Å². The number of carbonyl (C=O) groups excluding carboxylic acids is 1. The number of hydrogen-bond donors (Lipinski definition) is 2. The lowest BCUT2D eigenvalue weighted by atomic mass is 10.1. The van der Waals surface area contributed by atoms with Crippen molar-refractivity contribution in [3.05, 3.63) is 65.1 Å². The quantitative estimate of drug-likeness (QED) is 0.523. The molecule has 1 aromatic carbocycles. The van der Waals surface area contributed by atoms with E-state index in [1.165, 1.54) is 16.9 Å². The summed E-state index contributed by atoms with van der Waals surface area (Å²) in [7, 11) is -3.50. The topological polar surface area (TPSA) is 106 Å². The number of hydrogen-bond acceptors (Lipinski definition) is 5. The van der Waals surface area contributed by atoms with E-state index in [1.54, 1.807) is 39.0 Å². The molecule has 2 N–H and O–H groups in total. The highest BCUT2D eigenvalue weighted by Crippen LogP contribution is 2.29. The average Bonchev–Trinajstić information content (AvgIpc) is 3.11. The third-order valence-corrected chi connectivity index (χ3v) is 6.34. The lowest BCUT2D eigenvalue weighted by Crippen LogP contribution is -2.18. The van der Waals surface area contributed by atoms with Gasteiger partial charge in [-0.25, -0.2) is 18.1 Å². The number of anilines is 2. The molecule has 1 amide bonds. The predicted octanol–water partition coefficient (Wildman–Crippen LogP) is 4.31. The number of alkyl halides is 3. The fraction of sp³-hybridized carbons (Fsp3) is 0.286. The third-order valence-electron chi connectivity index (χ3n) is 4.87. The van der Waals surface area contributed by atoms with Crippen LogP contribution in [0.5, 0.6) is 0 Å². The first-order chi connectivity index (χ1) is 15.4. The van der Waals surface area contributed by atoms with Crippen LogP contribution < -0.4 is 10.0 Å². The van der Waals surface area contributed by atoms with Gasteiger partial charge < -0.3 is 5.32 Å². The normalized spacial score (nSPS) is 11.9. The van der Waals surface area contributed by atoms with E-state index in [0.29, 0.717) is 35.2 Å². The SMILES string of the molecule is CCCS(=O)(=O)Nc1cccc(NC(=O)c2cnn(-c3ccc(C(F)(F)F)cn3)c2C)c1C. The second-order valence-electron chi connectivity index (χ2n) is 7.31. The third kappa shape index (κ3) is 5.51. The Kier molecular flexibility index (Phi) is 6.77. The van der Waals surface area contributed by atoms with Crippen LogP contribution in [-0.2, 0) is 16.2 Å². The summed E-state index contributed by atoms with van der Waals surface area (Å²) in [4.78, 5) is 16.6. The van der Waals surface area contributed by atoms with Gasteiger partial charge in [0.15, 0.2) is 5.82 Å². The zero-order valence-electron chi connectivity index (χ0n) is 18.1. The Morgan fingerprint density at radius 1 is 1.09 bits per heavy atom. The largest absolute Gasteiger partial charge is 0.417 e. The van der Waals surface area contributed by atoms with E-state index in [1.807, 2.05) is 0 Å². The van der Waals surface area contributed by atoms with Gasteiger partial charge in [-0.1, -0.05) is 13.0 Å². The maximum Gasteiger partial charge on any atom is 0.417 e. The van der Waals surface area contributed by atoms with E-state index in [4.69, 9.17) is 0 Å². The summed E-state index contributed by atoms with van der Waals surface area (Å²) in [5.74, 6) is -0.412. The van der Waals surface area contributed by atoms with Gasteiger partial charge >= 0.3 is 6.18 Å². The van der Waals surface area contributed by atoms with E-state index >= 15 is 0 Å². The maximum atomic E-state index is 12.8. The molecule has 0 fully saturated rings. The number of halogens is 3. The fourth-order valence-electron chi connectivity index (χ4n) is 3.10. The molecule has 0 radical (unpaired) electrons. The smallest absolute Gasteiger partial charge is 0.322 e. The van der Waals surface area contributed by atoms with Gasteiger partial charge in [0.1, 0.15) is 0 Å². The summed E-state index contributed by atoms with van der Waals surface area (Å²) in [5.41, 5.74) is 0.948. The van der Waals surface area contributed by atoms with E-state index < -0.39 is 27.7 Å². The molecule has 3 rings (SSSR count). The van der Waals surface area contributed by atoms with Crippen molar-refractivity contribution in [1.29, 1.82) is 0 Å². The number of aromatic nitrogens is 3. The number of amides is 1. The average molecular weight is 482 g/mol. The van der Waals surface area contributed by atoms with Gasteiger partial charge in [-0.2, -0.15) is 18.3 Å². The number of sulfonamides is 1. The Bertz CT molecular complexity index is 1270. The monoisotopic (exact) mass is 481 g/mol. The van der Waals surface area contributed by atoms with Crippen molar-refractivity contribution in [3.8, 4) is 5.82 Å². The highest BCUT2D eigenvalue weighted by Gasteiger charge is 2.31. The fourth-order valence-corrected chi connectivity index (χ4v) is 4.30. The molecular weight excluding hydrogens is 459 g/mol. The molecular formula is C21H22F3N5O3S. The number of rotatable bonds is 7. The molecule has 0 aliphatic heterocycles. The predicted molar refractivity (Wildman–Crippen MR) is 118 cm³/mol. The Morgan fingerprint density at radius 3 is 2.39 bits per heavy atom. The molecule has 33 heavy (non-hydrogen) atoms. The zero-order chi connectivity index (χ0) is 24.4. The molecule has 0 saturated carbocycles. The Hall–Kier alpha value is -3.41. The van der Waals surface area contributed by atoms with Crippen molar-refractivity contribution >= 4 is 27.3 Å². The first kappa shape index (κ1) is 24.2. The standard InChI is InChI=1S/C21H22F3N5O3S/c1-4-10-33(31,32)28-18-7-5-6-17(13(18)2)27-20(30)16-12-26-29(14(16)3)19-9-8-15(11-25-19)21(22,23)24/h5-9,11-12,28H,4,10H2,1-3H3,(H,27,30). The first-order valence-electron chi connectivity index (χ1n) is 9.92. The summed E-state index contributed by atoms with van der Waals surface area (Å²) >= 11 is 0. The lowest BCUT2D eigenvalue weighted by Gasteiger charge is -2.14. The Morgan fingerprint density at radius 2 is 1.79 bits per heavy atom. The second kappa shape index (κ2) is 9.22. The molecule has 0 atom stereocenters. The molecule has 0 saturated heterocycles. The Balaban J connectivity index is 1.82. The molecule has 8 nitrogen and oxygen atoms in total. The molecule has 3 aromatic rings. The van der Waals surface area contributed by atoms with Crippen molar-refractivity contribution < 1.29 is 26.4 Å². The number of nitrogens with zero attached hydrogens (tertiary/aromatic N) is 3. The zero-order valence-corrected chi connectivity index (χ0v) is 18.9. The van der Waals surface area contributed by atoms with Gasteiger partial charge in [0.25, 0.3) is 5.91 Å². The van der Waals surface area contributed by atoms with Crippen LogP contribution in [0.3, 0.4) is 0 Å². The molecule has 12 heteroatoms. The van der Waals surface area contributed by atoms with Crippen molar-refractivity contribution in [1.82, 2.24) is 14.8 Å². The van der Waals surface area contributed by atoms with E-state index in [-0.39, 0.29) is 17.1 Å². The Labute approximate surface area is 188 Å². The highest BCUT2D eigenvalue weighted by molar-refractivity contribution is 7.92. The molecule has 0 unspecified atom stereocenters. The minimum atomic E-state index is -4.51. The van der Waals surface area contributed by atoms with Gasteiger partial charge in [0.05, 0.1) is 34.5 Å². The minimum absolute atomic E-state index is 0.0284. The number of benzene rings is 1. The van der Waals surface area contributed by atoms with Crippen LogP contribution in [0, 0.1) is 13.8 Å². The molecule has 0 bridgehead atoms. The molecule has 0 aliphatic rings. The molecule has 0 spiro atoms. The van der Waals surface area contributed by atoms with Gasteiger partial charge in [0.2, 0.25) is 10.0 Å². The van der Waals surface area contributed by atoms with Gasteiger partial charge in [-0.05, 0) is 50.1 Å². The molecule has 2 aromatic heterocycles. The van der Waals surface area contributed by atoms with Gasteiger partial charge in [-0.15, -0.1) is 0 Å². The van der Waals surface area contributed by atoms with Crippen LogP contribution >= 0.6 is 0 Å². The van der Waals surface area contributed by atoms with Crippen molar-refractivity contribution in [2.45, 2.75) is 33.4 Å². The summed E-state index contributed by atoms with van der Waals surface area (Å²) < 4.78 is 66.2. The maximum absolute atomic E-state index is 12.8. The molecule has 0 aliphatic carbocycles.